The zero-order valence-corrected chi connectivity index (χ0v) is 11.8. The maximum Gasteiger partial charge on any atom is 0.288 e. The Balaban J connectivity index is 2.31. The lowest BCUT2D eigenvalue weighted by atomic mass is 9.71. The average molecular weight is 261 g/mol. The monoisotopic (exact) mass is 261 g/mol. The lowest BCUT2D eigenvalue weighted by molar-refractivity contribution is -0.114. The summed E-state index contributed by atoms with van der Waals surface area (Å²) in [7, 11) is 3.77. The molecule has 1 unspecified atom stereocenters. The van der Waals surface area contributed by atoms with Crippen LogP contribution in [0.1, 0.15) is 26.7 Å². The third-order valence-electron chi connectivity index (χ3n) is 3.12. The molecule has 0 aromatic rings. The summed E-state index contributed by atoms with van der Waals surface area (Å²) < 4.78 is 0. The fraction of sp³-hybridized carbons (Fsp3) is 0.615. The summed E-state index contributed by atoms with van der Waals surface area (Å²) >= 11 is 0. The van der Waals surface area contributed by atoms with Crippen LogP contribution in [0.3, 0.4) is 0 Å². The molecule has 2 aliphatic rings. The Kier molecular flexibility index (Phi) is 3.59. The second-order valence-corrected chi connectivity index (χ2v) is 5.96. The molecular formula is C13H19N5O. The molecule has 1 aliphatic carbocycles. The first kappa shape index (κ1) is 13.6. The van der Waals surface area contributed by atoms with E-state index < -0.39 is 0 Å². The van der Waals surface area contributed by atoms with Gasteiger partial charge in [0, 0.05) is 25.7 Å². The van der Waals surface area contributed by atoms with Gasteiger partial charge in [-0.2, -0.15) is 10.2 Å². The van der Waals surface area contributed by atoms with Gasteiger partial charge in [-0.3, -0.25) is 4.79 Å². The molecule has 1 fully saturated rings. The van der Waals surface area contributed by atoms with Crippen molar-refractivity contribution in [3.8, 4) is 0 Å². The largest absolute Gasteiger partial charge is 0.367 e. The van der Waals surface area contributed by atoms with Gasteiger partial charge in [-0.05, 0) is 18.3 Å². The van der Waals surface area contributed by atoms with Gasteiger partial charge in [0.15, 0.2) is 0 Å². The van der Waals surface area contributed by atoms with E-state index in [1.54, 1.807) is 6.34 Å². The number of carbonyl (C=O) groups excluding carboxylic acids is 1. The van der Waals surface area contributed by atoms with E-state index in [4.69, 9.17) is 0 Å². The lowest BCUT2D eigenvalue weighted by Gasteiger charge is -2.35. The van der Waals surface area contributed by atoms with Gasteiger partial charge in [0.1, 0.15) is 6.34 Å². The minimum absolute atomic E-state index is 0.0604. The molecule has 1 heterocycles. The van der Waals surface area contributed by atoms with Crippen LogP contribution in [0.5, 0.6) is 0 Å². The van der Waals surface area contributed by atoms with Crippen molar-refractivity contribution in [1.82, 2.24) is 4.90 Å². The van der Waals surface area contributed by atoms with Gasteiger partial charge < -0.3 is 4.90 Å². The lowest BCUT2D eigenvalue weighted by Crippen LogP contribution is -2.35. The van der Waals surface area contributed by atoms with Gasteiger partial charge in [0.2, 0.25) is 0 Å². The first-order valence-electron chi connectivity index (χ1n) is 6.31. The second kappa shape index (κ2) is 5.03. The van der Waals surface area contributed by atoms with Gasteiger partial charge in [-0.1, -0.05) is 13.8 Å². The summed E-state index contributed by atoms with van der Waals surface area (Å²) in [5.74, 6) is -0.310. The van der Waals surface area contributed by atoms with Crippen molar-refractivity contribution in [2.24, 2.45) is 25.8 Å². The molecule has 19 heavy (non-hydrogen) atoms. The first-order chi connectivity index (χ1) is 8.87. The van der Waals surface area contributed by atoms with Crippen LogP contribution in [0.4, 0.5) is 0 Å². The van der Waals surface area contributed by atoms with Crippen LogP contribution < -0.4 is 0 Å². The topological polar surface area (TPSA) is 69.8 Å². The van der Waals surface area contributed by atoms with E-state index in [0.717, 1.165) is 24.1 Å². The molecule has 1 aliphatic heterocycles. The smallest absolute Gasteiger partial charge is 0.288 e. The number of azo groups is 1. The van der Waals surface area contributed by atoms with Crippen LogP contribution in [0, 0.1) is 5.41 Å². The van der Waals surface area contributed by atoms with E-state index in [9.17, 15) is 4.79 Å². The van der Waals surface area contributed by atoms with E-state index in [1.165, 1.54) is 6.08 Å². The molecule has 0 aromatic carbocycles. The van der Waals surface area contributed by atoms with Gasteiger partial charge >= 0.3 is 0 Å². The van der Waals surface area contributed by atoms with Crippen LogP contribution >= 0.6 is 0 Å². The minimum Gasteiger partial charge on any atom is -0.367 e. The van der Waals surface area contributed by atoms with Crippen molar-refractivity contribution < 1.29 is 4.79 Å². The van der Waals surface area contributed by atoms with E-state index in [2.05, 4.69) is 34.3 Å². The van der Waals surface area contributed by atoms with Crippen molar-refractivity contribution in [3.05, 3.63) is 11.6 Å². The molecule has 0 N–H and O–H groups in total. The molecule has 6 heteroatoms. The van der Waals surface area contributed by atoms with E-state index in [0.29, 0.717) is 0 Å². The molecule has 0 aromatic heterocycles. The molecule has 0 spiro atoms. The number of fused-ring (bicyclic) bond motifs is 1. The highest BCUT2D eigenvalue weighted by atomic mass is 16.1. The highest BCUT2D eigenvalue weighted by Crippen LogP contribution is 2.39. The fourth-order valence-corrected chi connectivity index (χ4v) is 2.32. The van der Waals surface area contributed by atoms with Crippen molar-refractivity contribution in [1.29, 1.82) is 0 Å². The number of amides is 1. The Labute approximate surface area is 113 Å². The van der Waals surface area contributed by atoms with Gasteiger partial charge in [0.05, 0.1) is 11.8 Å². The maximum absolute atomic E-state index is 11.4. The normalized spacial score (nSPS) is 27.6. The molecule has 2 rings (SSSR count). The van der Waals surface area contributed by atoms with Crippen LogP contribution in [0.25, 0.3) is 0 Å². The van der Waals surface area contributed by atoms with Crippen LogP contribution in [0.2, 0.25) is 0 Å². The standard InChI is InChI=1S/C13H19N5O/c1-13(2)6-10(15-14-8-18(3)4)9-5-12(19)17-16-11(9)7-13/h5,8,11H,6-7H2,1-4H3/b14-8+,15-10+. The van der Waals surface area contributed by atoms with Crippen LogP contribution in [-0.2, 0) is 4.79 Å². The summed E-state index contributed by atoms with van der Waals surface area (Å²) in [5.41, 5.74) is 1.80. The molecule has 0 bridgehead atoms. The van der Waals surface area contributed by atoms with Gasteiger partial charge in [-0.15, -0.1) is 10.2 Å². The summed E-state index contributed by atoms with van der Waals surface area (Å²) in [6, 6.07) is -0.0604. The Hall–Kier alpha value is -1.85. The Morgan fingerprint density at radius 1 is 1.47 bits per heavy atom. The second-order valence-electron chi connectivity index (χ2n) is 5.96. The van der Waals surface area contributed by atoms with Gasteiger partial charge in [0.25, 0.3) is 5.91 Å². The molecule has 0 saturated heterocycles. The van der Waals surface area contributed by atoms with Crippen molar-refractivity contribution >= 4 is 18.0 Å². The molecule has 1 saturated carbocycles. The van der Waals surface area contributed by atoms with Crippen molar-refractivity contribution in [3.63, 3.8) is 0 Å². The van der Waals surface area contributed by atoms with E-state index >= 15 is 0 Å². The summed E-state index contributed by atoms with van der Waals surface area (Å²) in [6.07, 6.45) is 4.85. The Morgan fingerprint density at radius 3 is 2.89 bits per heavy atom. The predicted octanol–water partition coefficient (Wildman–Crippen LogP) is 2.04. The number of carbonyl (C=O) groups is 1. The van der Waals surface area contributed by atoms with Crippen molar-refractivity contribution in [2.45, 2.75) is 32.7 Å². The van der Waals surface area contributed by atoms with Crippen LogP contribution in [-0.4, -0.2) is 43.0 Å². The van der Waals surface area contributed by atoms with Gasteiger partial charge in [-0.25, -0.2) is 0 Å². The van der Waals surface area contributed by atoms with E-state index in [-0.39, 0.29) is 17.4 Å². The quantitative estimate of drug-likeness (QED) is 0.433. The Morgan fingerprint density at radius 2 is 2.21 bits per heavy atom. The molecule has 1 atom stereocenters. The molecule has 1 amide bonds. The predicted molar refractivity (Wildman–Crippen MR) is 74.4 cm³/mol. The Bertz CT molecular complexity index is 499. The minimum atomic E-state index is -0.310. The molecule has 6 nitrogen and oxygen atoms in total. The first-order valence-corrected chi connectivity index (χ1v) is 6.31. The molecule has 102 valence electrons. The van der Waals surface area contributed by atoms with Crippen LogP contribution in [0.15, 0.2) is 32.1 Å². The number of rotatable bonds is 2. The summed E-state index contributed by atoms with van der Waals surface area (Å²) in [6.45, 7) is 4.34. The van der Waals surface area contributed by atoms with Crippen molar-refractivity contribution in [2.75, 3.05) is 14.1 Å². The molecular weight excluding hydrogens is 242 g/mol. The molecule has 0 radical (unpaired) electrons. The third kappa shape index (κ3) is 3.33. The zero-order chi connectivity index (χ0) is 14.0. The summed E-state index contributed by atoms with van der Waals surface area (Å²) in [5, 5.41) is 16.0. The van der Waals surface area contributed by atoms with E-state index in [1.807, 2.05) is 19.0 Å². The highest BCUT2D eigenvalue weighted by Gasteiger charge is 2.37. The number of hydrogen-bond donors (Lipinski definition) is 0. The average Bonchev–Trinajstić information content (AvgIpc) is 2.28. The SMILES string of the molecule is CN(C)/C=N/N=C1\CC(C)(C)CC2N=NC(=O)C=C12. The zero-order valence-electron chi connectivity index (χ0n) is 11.8. The highest BCUT2D eigenvalue weighted by molar-refractivity contribution is 6.08. The summed E-state index contributed by atoms with van der Waals surface area (Å²) in [4.78, 5) is 13.2. The maximum atomic E-state index is 11.4. The third-order valence-corrected chi connectivity index (χ3v) is 3.12. The number of nitrogens with zero attached hydrogens (tertiary/aromatic N) is 5. The fourth-order valence-electron chi connectivity index (χ4n) is 2.32. The number of hydrogen-bond acceptors (Lipinski definition) is 4.